The average Bonchev–Trinajstić information content (AvgIpc) is 2.47. The molecule has 1 atom stereocenters. The molecule has 0 saturated carbocycles. The number of anilines is 1. The Kier molecular flexibility index (Phi) is 4.57. The second kappa shape index (κ2) is 6.40. The molecule has 114 valence electrons. The fourth-order valence-corrected chi connectivity index (χ4v) is 2.34. The number of non-ortho nitro benzene ring substituents is 1. The van der Waals surface area contributed by atoms with Gasteiger partial charge in [0.25, 0.3) is 11.4 Å². The maximum Gasteiger partial charge on any atom is 0.299 e. The van der Waals surface area contributed by atoms with Crippen LogP contribution >= 0.6 is 11.6 Å². The number of nitrogens with one attached hydrogen (secondary N) is 1. The van der Waals surface area contributed by atoms with Crippen LogP contribution in [0.5, 0.6) is 0 Å². The summed E-state index contributed by atoms with van der Waals surface area (Å²) in [4.78, 5) is 20.5. The number of rotatable bonds is 5. The number of nitro groups is 2. The van der Waals surface area contributed by atoms with Crippen molar-refractivity contribution in [2.45, 2.75) is 13.0 Å². The molecule has 0 aliphatic heterocycles. The van der Waals surface area contributed by atoms with Crippen LogP contribution < -0.4 is 5.32 Å². The molecule has 0 fully saturated rings. The predicted octanol–water partition coefficient (Wildman–Crippen LogP) is 4.33. The summed E-state index contributed by atoms with van der Waals surface area (Å²) in [5.74, 6) is 0. The number of halogens is 1. The van der Waals surface area contributed by atoms with Crippen molar-refractivity contribution in [2.75, 3.05) is 5.32 Å². The minimum atomic E-state index is -0.672. The fraction of sp³-hybridized carbons (Fsp3) is 0.143. The van der Waals surface area contributed by atoms with E-state index in [1.54, 1.807) is 25.1 Å². The van der Waals surface area contributed by atoms with Crippen LogP contribution in [0, 0.1) is 20.2 Å². The van der Waals surface area contributed by atoms with Gasteiger partial charge in [-0.1, -0.05) is 29.8 Å². The standard InChI is InChI=1S/C14H12ClN3O4/c1-9(11-4-2-3-5-12(11)15)16-13-7-6-10(17(19)20)8-14(13)18(21)22/h2-9,16H,1H3. The van der Waals surface area contributed by atoms with Crippen molar-refractivity contribution in [1.82, 2.24) is 0 Å². The topological polar surface area (TPSA) is 98.3 Å². The van der Waals surface area contributed by atoms with E-state index in [0.29, 0.717) is 5.02 Å². The highest BCUT2D eigenvalue weighted by atomic mass is 35.5. The van der Waals surface area contributed by atoms with Crippen molar-refractivity contribution in [3.8, 4) is 0 Å². The zero-order valence-electron chi connectivity index (χ0n) is 11.5. The normalized spacial score (nSPS) is 11.7. The Morgan fingerprint density at radius 3 is 2.36 bits per heavy atom. The molecule has 0 bridgehead atoms. The first-order valence-corrected chi connectivity index (χ1v) is 6.71. The zero-order valence-corrected chi connectivity index (χ0v) is 12.3. The molecule has 0 heterocycles. The number of nitro benzene ring substituents is 2. The monoisotopic (exact) mass is 321 g/mol. The van der Waals surface area contributed by atoms with E-state index >= 15 is 0 Å². The third-order valence-corrected chi connectivity index (χ3v) is 3.48. The number of hydrogen-bond donors (Lipinski definition) is 1. The second-order valence-corrected chi connectivity index (χ2v) is 5.01. The summed E-state index contributed by atoms with van der Waals surface area (Å²) in [5.41, 5.74) is 0.288. The molecule has 0 aliphatic carbocycles. The Morgan fingerprint density at radius 2 is 1.77 bits per heavy atom. The molecule has 8 heteroatoms. The summed E-state index contributed by atoms with van der Waals surface area (Å²) in [6, 6.07) is 10.3. The van der Waals surface area contributed by atoms with Crippen molar-refractivity contribution >= 4 is 28.7 Å². The summed E-state index contributed by atoms with van der Waals surface area (Å²) < 4.78 is 0. The first-order valence-electron chi connectivity index (χ1n) is 6.34. The Labute approximate surface area is 130 Å². The van der Waals surface area contributed by atoms with Gasteiger partial charge in [0.05, 0.1) is 22.0 Å². The number of hydrogen-bond acceptors (Lipinski definition) is 5. The number of benzene rings is 2. The second-order valence-electron chi connectivity index (χ2n) is 4.60. The Morgan fingerprint density at radius 1 is 1.09 bits per heavy atom. The van der Waals surface area contributed by atoms with E-state index in [-0.39, 0.29) is 23.1 Å². The summed E-state index contributed by atoms with van der Waals surface area (Å²) in [7, 11) is 0. The molecular weight excluding hydrogens is 310 g/mol. The predicted molar refractivity (Wildman–Crippen MR) is 83.2 cm³/mol. The molecule has 0 amide bonds. The third kappa shape index (κ3) is 3.32. The molecule has 0 aliphatic rings. The Bertz CT molecular complexity index is 736. The van der Waals surface area contributed by atoms with Crippen LogP contribution in [0.3, 0.4) is 0 Å². The van der Waals surface area contributed by atoms with Gasteiger partial charge in [-0.3, -0.25) is 20.2 Å². The van der Waals surface area contributed by atoms with Gasteiger partial charge in [-0.2, -0.15) is 0 Å². The van der Waals surface area contributed by atoms with Crippen molar-refractivity contribution in [3.05, 3.63) is 73.3 Å². The maximum atomic E-state index is 11.1. The zero-order chi connectivity index (χ0) is 16.3. The van der Waals surface area contributed by atoms with Crippen molar-refractivity contribution < 1.29 is 9.85 Å². The van der Waals surface area contributed by atoms with Crippen LogP contribution in [0.1, 0.15) is 18.5 Å². The van der Waals surface area contributed by atoms with Crippen LogP contribution in [0.4, 0.5) is 17.1 Å². The molecule has 1 N–H and O–H groups in total. The van der Waals surface area contributed by atoms with Gasteiger partial charge in [0, 0.05) is 11.1 Å². The van der Waals surface area contributed by atoms with E-state index in [1.165, 1.54) is 12.1 Å². The van der Waals surface area contributed by atoms with Gasteiger partial charge >= 0.3 is 0 Å². The van der Waals surface area contributed by atoms with Crippen LogP contribution in [0.2, 0.25) is 5.02 Å². The van der Waals surface area contributed by atoms with Crippen LogP contribution in [-0.2, 0) is 0 Å². The molecule has 1 unspecified atom stereocenters. The molecular formula is C14H12ClN3O4. The summed E-state index contributed by atoms with van der Waals surface area (Å²) in [6.45, 7) is 1.80. The van der Waals surface area contributed by atoms with Crippen molar-refractivity contribution in [1.29, 1.82) is 0 Å². The van der Waals surface area contributed by atoms with Crippen LogP contribution in [0.25, 0.3) is 0 Å². The lowest BCUT2D eigenvalue weighted by Gasteiger charge is -2.16. The first-order chi connectivity index (χ1) is 10.4. The van der Waals surface area contributed by atoms with Gasteiger partial charge in [-0.25, -0.2) is 0 Å². The van der Waals surface area contributed by atoms with Crippen molar-refractivity contribution in [3.63, 3.8) is 0 Å². The van der Waals surface area contributed by atoms with E-state index in [4.69, 9.17) is 11.6 Å². The van der Waals surface area contributed by atoms with Crippen molar-refractivity contribution in [2.24, 2.45) is 0 Å². The van der Waals surface area contributed by atoms with Gasteiger partial charge in [-0.15, -0.1) is 0 Å². The van der Waals surface area contributed by atoms with E-state index in [9.17, 15) is 20.2 Å². The molecule has 22 heavy (non-hydrogen) atoms. The summed E-state index contributed by atoms with van der Waals surface area (Å²) in [5, 5.41) is 25.3. The van der Waals surface area contributed by atoms with Gasteiger partial charge in [0.15, 0.2) is 0 Å². The van der Waals surface area contributed by atoms with E-state index < -0.39 is 9.85 Å². The molecule has 2 aromatic rings. The highest BCUT2D eigenvalue weighted by Gasteiger charge is 2.21. The van der Waals surface area contributed by atoms with Gasteiger partial charge in [0.1, 0.15) is 5.69 Å². The average molecular weight is 322 g/mol. The summed E-state index contributed by atoms with van der Waals surface area (Å²) in [6.07, 6.45) is 0. The Balaban J connectivity index is 2.35. The smallest absolute Gasteiger partial charge is 0.299 e. The molecule has 0 spiro atoms. The highest BCUT2D eigenvalue weighted by molar-refractivity contribution is 6.31. The van der Waals surface area contributed by atoms with E-state index in [0.717, 1.165) is 11.6 Å². The summed E-state index contributed by atoms with van der Waals surface area (Å²) >= 11 is 6.09. The minimum Gasteiger partial charge on any atom is -0.373 e. The quantitative estimate of drug-likeness (QED) is 0.652. The lowest BCUT2D eigenvalue weighted by atomic mass is 10.1. The van der Waals surface area contributed by atoms with Crippen LogP contribution in [0.15, 0.2) is 42.5 Å². The lowest BCUT2D eigenvalue weighted by Crippen LogP contribution is -2.09. The highest BCUT2D eigenvalue weighted by Crippen LogP contribution is 2.33. The van der Waals surface area contributed by atoms with E-state index in [1.807, 2.05) is 6.07 Å². The molecule has 2 rings (SSSR count). The minimum absolute atomic E-state index is 0.197. The largest absolute Gasteiger partial charge is 0.373 e. The third-order valence-electron chi connectivity index (χ3n) is 3.13. The molecule has 7 nitrogen and oxygen atoms in total. The fourth-order valence-electron chi connectivity index (χ4n) is 2.04. The van der Waals surface area contributed by atoms with Crippen LogP contribution in [-0.4, -0.2) is 9.85 Å². The molecule has 0 saturated heterocycles. The SMILES string of the molecule is CC(Nc1ccc([N+](=O)[O-])cc1[N+](=O)[O-])c1ccccc1Cl. The lowest BCUT2D eigenvalue weighted by molar-refractivity contribution is -0.393. The first kappa shape index (κ1) is 15.7. The van der Waals surface area contributed by atoms with E-state index in [2.05, 4.69) is 5.32 Å². The van der Waals surface area contributed by atoms with Gasteiger partial charge in [0.2, 0.25) is 0 Å². The molecule has 0 aromatic heterocycles. The molecule has 0 radical (unpaired) electrons. The maximum absolute atomic E-state index is 11.1. The van der Waals surface area contributed by atoms with Gasteiger partial charge in [-0.05, 0) is 24.6 Å². The van der Waals surface area contributed by atoms with Gasteiger partial charge < -0.3 is 5.32 Å². The molecule has 2 aromatic carbocycles. The number of nitrogens with zero attached hydrogens (tertiary/aromatic N) is 2. The Hall–Kier alpha value is -2.67.